The Morgan fingerprint density at radius 1 is 1.08 bits per heavy atom. The maximum Gasteiger partial charge on any atom is 0.195 e. The monoisotopic (exact) mass is 582 g/mol. The molecule has 0 spiro atoms. The number of nitrogens with one attached hydrogen (secondary N) is 2. The van der Waals surface area contributed by atoms with Crippen molar-refractivity contribution in [3.8, 4) is 0 Å². The summed E-state index contributed by atoms with van der Waals surface area (Å²) in [5.74, 6) is 0.633. The Kier molecular flexibility index (Phi) is 5.89. The zero-order chi connectivity index (χ0) is 26.1. The number of aromatic nitrogens is 1. The topological polar surface area (TPSA) is 97.3 Å². The van der Waals surface area contributed by atoms with Crippen LogP contribution in [0.25, 0.3) is 10.9 Å². The van der Waals surface area contributed by atoms with E-state index in [2.05, 4.69) is 50.6 Å². The lowest BCUT2D eigenvalue weighted by Crippen LogP contribution is -2.52. The molecule has 6 rings (SSSR count). The molecule has 2 saturated heterocycles. The second-order valence-electron chi connectivity index (χ2n) is 11.0. The van der Waals surface area contributed by atoms with Gasteiger partial charge in [-0.3, -0.25) is 9.69 Å². The lowest BCUT2D eigenvalue weighted by atomic mass is 9.71. The van der Waals surface area contributed by atoms with Crippen LogP contribution in [-0.4, -0.2) is 74.0 Å². The molecule has 0 saturated carbocycles. The third kappa shape index (κ3) is 4.06. The minimum absolute atomic E-state index is 0.0301. The fourth-order valence-electron chi connectivity index (χ4n) is 6.36. The average Bonchev–Trinajstić information content (AvgIpc) is 3.27. The summed E-state index contributed by atoms with van der Waals surface area (Å²) in [7, 11) is -2.86. The number of benzene rings is 2. The Morgan fingerprint density at radius 2 is 1.78 bits per heavy atom. The van der Waals surface area contributed by atoms with Crippen molar-refractivity contribution >= 4 is 54.4 Å². The highest BCUT2D eigenvalue weighted by atomic mass is 79.9. The number of halogens is 1. The maximum absolute atomic E-state index is 13.8. The van der Waals surface area contributed by atoms with Gasteiger partial charge in [0.05, 0.1) is 22.8 Å². The van der Waals surface area contributed by atoms with Crippen LogP contribution in [0.5, 0.6) is 0 Å². The molecule has 1 aliphatic carbocycles. The number of nitrogens with zero attached hydrogens (tertiary/aromatic N) is 2. The van der Waals surface area contributed by atoms with E-state index in [9.17, 15) is 13.2 Å². The molecule has 2 aliphatic heterocycles. The summed E-state index contributed by atoms with van der Waals surface area (Å²) < 4.78 is 24.6. The molecule has 0 radical (unpaired) electrons. The highest BCUT2D eigenvalue weighted by molar-refractivity contribution is 9.10. The lowest BCUT2D eigenvalue weighted by molar-refractivity contribution is 0.103. The largest absolute Gasteiger partial charge is 0.368 e. The number of piperazine rings is 1. The predicted molar refractivity (Wildman–Crippen MR) is 151 cm³/mol. The molecule has 0 atom stereocenters. The Labute approximate surface area is 225 Å². The number of hydrogen-bond acceptors (Lipinski definition) is 6. The highest BCUT2D eigenvalue weighted by Gasteiger charge is 2.41. The molecule has 3 heterocycles. The Bertz CT molecular complexity index is 1540. The summed E-state index contributed by atoms with van der Waals surface area (Å²) in [6.45, 7) is 7.85. The van der Waals surface area contributed by atoms with E-state index in [1.165, 1.54) is 6.21 Å². The number of sulfone groups is 1. The first-order chi connectivity index (χ1) is 17.6. The normalized spacial score (nSPS) is 21.6. The second kappa shape index (κ2) is 8.78. The van der Waals surface area contributed by atoms with Crippen molar-refractivity contribution in [1.29, 1.82) is 5.41 Å². The number of hydrogen-bond donors (Lipinski definition) is 2. The third-order valence-corrected chi connectivity index (χ3v) is 10.9. The molecule has 1 aromatic heterocycles. The van der Waals surface area contributed by atoms with E-state index in [0.717, 1.165) is 88.0 Å². The molecular weight excluding hydrogens is 552 g/mol. The summed E-state index contributed by atoms with van der Waals surface area (Å²) in [4.78, 5) is 22.1. The molecule has 2 fully saturated rings. The van der Waals surface area contributed by atoms with Gasteiger partial charge in [0, 0.05) is 70.5 Å². The van der Waals surface area contributed by atoms with E-state index in [0.29, 0.717) is 17.5 Å². The van der Waals surface area contributed by atoms with Crippen molar-refractivity contribution in [2.24, 2.45) is 0 Å². The fraction of sp³-hybridized carbons (Fsp3) is 0.429. The van der Waals surface area contributed by atoms with Crippen molar-refractivity contribution in [2.75, 3.05) is 42.6 Å². The Hall–Kier alpha value is -2.49. The minimum Gasteiger partial charge on any atom is -0.368 e. The molecule has 0 unspecified atom stereocenters. The van der Waals surface area contributed by atoms with Crippen LogP contribution < -0.4 is 4.90 Å². The third-order valence-electron chi connectivity index (χ3n) is 8.54. The molecule has 3 aromatic rings. The first-order valence-electron chi connectivity index (χ1n) is 12.8. The molecule has 194 valence electrons. The maximum atomic E-state index is 13.8. The highest BCUT2D eigenvalue weighted by Crippen LogP contribution is 2.46. The molecule has 2 N–H and O–H groups in total. The van der Waals surface area contributed by atoms with Crippen LogP contribution in [0.15, 0.2) is 34.8 Å². The first-order valence-corrected chi connectivity index (χ1v) is 15.5. The molecule has 0 amide bonds. The summed E-state index contributed by atoms with van der Waals surface area (Å²) in [6.07, 6.45) is 2.78. The molecule has 7 nitrogen and oxygen atoms in total. The van der Waals surface area contributed by atoms with Crippen LogP contribution in [0.3, 0.4) is 0 Å². The first kappa shape index (κ1) is 24.8. The van der Waals surface area contributed by atoms with Crippen LogP contribution >= 0.6 is 15.9 Å². The number of aromatic amines is 1. The quantitative estimate of drug-likeness (QED) is 0.443. The smallest absolute Gasteiger partial charge is 0.195 e. The Balaban J connectivity index is 1.30. The fourth-order valence-corrected chi connectivity index (χ4v) is 8.42. The number of H-pyrrole nitrogens is 1. The summed E-state index contributed by atoms with van der Waals surface area (Å²) in [5, 5.41) is 8.49. The Morgan fingerprint density at radius 3 is 2.46 bits per heavy atom. The van der Waals surface area contributed by atoms with E-state index in [-0.39, 0.29) is 5.78 Å². The molecule has 0 bridgehead atoms. The molecule has 3 aliphatic rings. The van der Waals surface area contributed by atoms with Crippen molar-refractivity contribution < 1.29 is 13.2 Å². The van der Waals surface area contributed by atoms with Gasteiger partial charge in [0.1, 0.15) is 9.84 Å². The van der Waals surface area contributed by atoms with Crippen LogP contribution in [0.4, 0.5) is 5.69 Å². The van der Waals surface area contributed by atoms with Crippen LogP contribution in [0.2, 0.25) is 0 Å². The van der Waals surface area contributed by atoms with E-state index >= 15 is 0 Å². The van der Waals surface area contributed by atoms with Crippen molar-refractivity contribution in [1.82, 2.24) is 9.88 Å². The van der Waals surface area contributed by atoms with Gasteiger partial charge < -0.3 is 15.3 Å². The van der Waals surface area contributed by atoms with E-state index in [4.69, 9.17) is 5.41 Å². The van der Waals surface area contributed by atoms with Crippen molar-refractivity contribution in [3.63, 3.8) is 0 Å². The van der Waals surface area contributed by atoms with E-state index in [1.54, 1.807) is 0 Å². The van der Waals surface area contributed by atoms with Gasteiger partial charge in [-0.1, -0.05) is 26.0 Å². The number of fused-ring (bicyclic) bond motifs is 4. The minimum atomic E-state index is -2.86. The van der Waals surface area contributed by atoms with Crippen molar-refractivity contribution in [2.45, 2.75) is 38.1 Å². The van der Waals surface area contributed by atoms with Gasteiger partial charge in [-0.25, -0.2) is 8.42 Å². The van der Waals surface area contributed by atoms with Crippen molar-refractivity contribution in [3.05, 3.63) is 62.8 Å². The van der Waals surface area contributed by atoms with Crippen LogP contribution in [0, 0.1) is 5.41 Å². The van der Waals surface area contributed by atoms with Crippen LogP contribution in [-0.2, 0) is 15.3 Å². The molecule has 2 aromatic carbocycles. The van der Waals surface area contributed by atoms with Gasteiger partial charge >= 0.3 is 0 Å². The number of carbonyl (C=O) groups is 1. The summed E-state index contributed by atoms with van der Waals surface area (Å²) in [5.41, 5.74) is 5.77. The predicted octanol–water partition coefficient (Wildman–Crippen LogP) is 4.50. The number of rotatable bonds is 3. The number of carbonyl (C=O) groups excluding carboxylic acids is 1. The lowest BCUT2D eigenvalue weighted by Gasteiger charge is -2.42. The molecule has 9 heteroatoms. The average molecular weight is 584 g/mol. The molecular formula is C28H31BrN4O3S. The van der Waals surface area contributed by atoms with Gasteiger partial charge in [-0.15, -0.1) is 0 Å². The number of anilines is 1. The standard InChI is InChI=1S/C28H31BrN4O3S/c1-28(2)21-15-24(33-9-7-32(8-10-33)18-5-11-37(35,36)12-6-18)22(29)14-20(21)26(34)25-19-4-3-17(16-30)13-23(19)31-27(25)28/h3-4,13-16,18,30-31H,5-12H2,1-2H3. The summed E-state index contributed by atoms with van der Waals surface area (Å²) >= 11 is 3.77. The van der Waals surface area contributed by atoms with Gasteiger partial charge in [0.2, 0.25) is 0 Å². The summed E-state index contributed by atoms with van der Waals surface area (Å²) in [6, 6.07) is 10.3. The van der Waals surface area contributed by atoms with E-state index in [1.807, 2.05) is 24.3 Å². The SMILES string of the molecule is CC1(C)c2cc(N3CCN(C4CCS(=O)(=O)CC4)CC3)c(Br)cc2C(=O)c2c1[nH]c1cc(C=N)ccc21. The van der Waals surface area contributed by atoms with Crippen LogP contribution in [0.1, 0.15) is 59.4 Å². The van der Waals surface area contributed by atoms with Gasteiger partial charge in [0.15, 0.2) is 5.78 Å². The number of ketones is 1. The van der Waals surface area contributed by atoms with Gasteiger partial charge in [0.25, 0.3) is 0 Å². The van der Waals surface area contributed by atoms with Gasteiger partial charge in [-0.05, 0) is 58.1 Å². The zero-order valence-electron chi connectivity index (χ0n) is 21.1. The molecule has 37 heavy (non-hydrogen) atoms. The van der Waals surface area contributed by atoms with Gasteiger partial charge in [-0.2, -0.15) is 0 Å². The second-order valence-corrected chi connectivity index (χ2v) is 14.2. The van der Waals surface area contributed by atoms with E-state index < -0.39 is 15.3 Å². The zero-order valence-corrected chi connectivity index (χ0v) is 23.5.